The van der Waals surface area contributed by atoms with Crippen molar-refractivity contribution in [3.05, 3.63) is 24.3 Å². The highest BCUT2D eigenvalue weighted by molar-refractivity contribution is 7.19. The third-order valence-electron chi connectivity index (χ3n) is 6.48. The van der Waals surface area contributed by atoms with Gasteiger partial charge in [-0.15, -0.1) is 9.24 Å². The lowest BCUT2D eigenvalue weighted by Crippen LogP contribution is -2.41. The van der Waals surface area contributed by atoms with Crippen molar-refractivity contribution in [2.24, 2.45) is 11.8 Å². The van der Waals surface area contributed by atoms with E-state index in [4.69, 9.17) is 0 Å². The number of allylic oxidation sites excluding steroid dienone is 4. The molecule has 0 radical (unpaired) electrons. The van der Waals surface area contributed by atoms with Crippen LogP contribution in [0.2, 0.25) is 0 Å². The molecule has 1 fully saturated rings. The van der Waals surface area contributed by atoms with Crippen molar-refractivity contribution < 1.29 is 0 Å². The van der Waals surface area contributed by atoms with Crippen molar-refractivity contribution >= 4 is 9.24 Å². The third kappa shape index (κ3) is 7.18. The van der Waals surface area contributed by atoms with Gasteiger partial charge in [0.25, 0.3) is 0 Å². The van der Waals surface area contributed by atoms with E-state index in [0.717, 1.165) is 17.9 Å². The van der Waals surface area contributed by atoms with Crippen LogP contribution in [0, 0.1) is 11.8 Å². The molecule has 1 aliphatic carbocycles. The second-order valence-electron chi connectivity index (χ2n) is 8.55. The van der Waals surface area contributed by atoms with Gasteiger partial charge in [0.05, 0.1) is 0 Å². The molecule has 2 aliphatic rings. The first-order valence-electron chi connectivity index (χ1n) is 11.0. The topological polar surface area (TPSA) is 12.0 Å². The van der Waals surface area contributed by atoms with E-state index < -0.39 is 0 Å². The van der Waals surface area contributed by atoms with E-state index in [2.05, 4.69) is 52.7 Å². The van der Waals surface area contributed by atoms with E-state index in [1.54, 1.807) is 0 Å². The summed E-state index contributed by atoms with van der Waals surface area (Å²) in [6.45, 7) is 5.84. The van der Waals surface area contributed by atoms with Gasteiger partial charge in [0.1, 0.15) is 0 Å². The van der Waals surface area contributed by atoms with Crippen LogP contribution < -0.4 is 5.32 Å². The van der Waals surface area contributed by atoms with E-state index in [1.807, 2.05) is 0 Å². The van der Waals surface area contributed by atoms with Crippen molar-refractivity contribution in [1.29, 1.82) is 0 Å². The summed E-state index contributed by atoms with van der Waals surface area (Å²) in [5.41, 5.74) is 0. The third-order valence-corrected chi connectivity index (χ3v) is 7.47. The van der Waals surface area contributed by atoms with Crippen LogP contribution in [0.25, 0.3) is 0 Å². The van der Waals surface area contributed by atoms with Crippen LogP contribution in [0.4, 0.5) is 0 Å². The summed E-state index contributed by atoms with van der Waals surface area (Å²) in [6, 6.07) is 0.756. The molecule has 0 spiro atoms. The fraction of sp³-hybridized carbons (Fsp3) is 0.826. The minimum absolute atomic E-state index is 0.400. The van der Waals surface area contributed by atoms with Gasteiger partial charge >= 0.3 is 0 Å². The van der Waals surface area contributed by atoms with Crippen LogP contribution in [0.1, 0.15) is 90.9 Å². The molecule has 0 saturated carbocycles. The Balaban J connectivity index is 1.86. The normalized spacial score (nSPS) is 29.8. The Bertz CT molecular complexity index is 408. The minimum Gasteiger partial charge on any atom is -0.314 e. The standard InChI is InChI=1S/C23H42NP/c1-3-5-6-10-17-23(25,21-12-8-7-9-13-21)18-16-22-15-14-20(11-4-2)19-24-22/h6-8,10,20-22,24H,3-5,9,11-19,25H2,1-2H3/b10-6-. The first-order chi connectivity index (χ1) is 12.2. The molecule has 2 rings (SSSR count). The highest BCUT2D eigenvalue weighted by atomic mass is 31.0. The molecular formula is C23H42NP. The van der Waals surface area contributed by atoms with Gasteiger partial charge < -0.3 is 5.32 Å². The molecule has 0 amide bonds. The molecule has 0 aromatic heterocycles. The molecule has 5 unspecified atom stereocenters. The summed E-state index contributed by atoms with van der Waals surface area (Å²) in [5, 5.41) is 4.26. The predicted octanol–water partition coefficient (Wildman–Crippen LogP) is 6.65. The van der Waals surface area contributed by atoms with Crippen molar-refractivity contribution in [3.8, 4) is 0 Å². The highest BCUT2D eigenvalue weighted by Gasteiger charge is 2.34. The van der Waals surface area contributed by atoms with Gasteiger partial charge in [0, 0.05) is 6.04 Å². The zero-order valence-corrected chi connectivity index (χ0v) is 18.0. The van der Waals surface area contributed by atoms with Crippen LogP contribution in [-0.4, -0.2) is 17.7 Å². The van der Waals surface area contributed by atoms with Crippen LogP contribution in [0.15, 0.2) is 24.3 Å². The molecule has 0 aromatic rings. The van der Waals surface area contributed by atoms with Gasteiger partial charge in [-0.1, -0.05) is 51.0 Å². The summed E-state index contributed by atoms with van der Waals surface area (Å²) in [6.07, 6.45) is 25.6. The Labute approximate surface area is 159 Å². The van der Waals surface area contributed by atoms with Crippen LogP contribution >= 0.6 is 9.24 Å². The lowest BCUT2D eigenvalue weighted by atomic mass is 9.76. The summed E-state index contributed by atoms with van der Waals surface area (Å²) < 4.78 is 0. The maximum Gasteiger partial charge on any atom is 0.00676 e. The number of hydrogen-bond donors (Lipinski definition) is 1. The second kappa shape index (κ2) is 11.6. The summed E-state index contributed by atoms with van der Waals surface area (Å²) >= 11 is 0. The molecule has 1 N–H and O–H groups in total. The Morgan fingerprint density at radius 1 is 1.08 bits per heavy atom. The van der Waals surface area contributed by atoms with Gasteiger partial charge in [0.2, 0.25) is 0 Å². The molecule has 1 nitrogen and oxygen atoms in total. The molecule has 5 atom stereocenters. The van der Waals surface area contributed by atoms with Gasteiger partial charge in [-0.05, 0) is 87.7 Å². The van der Waals surface area contributed by atoms with Crippen molar-refractivity contribution in [2.75, 3.05) is 6.54 Å². The number of piperidine rings is 1. The quantitative estimate of drug-likeness (QED) is 0.338. The zero-order valence-electron chi connectivity index (χ0n) is 16.8. The summed E-state index contributed by atoms with van der Waals surface area (Å²) in [7, 11) is 3.32. The SMILES string of the molecule is CCC/C=C\CC(P)(CCC1CCC(CCC)CN1)C1CC=CCC1. The molecule has 25 heavy (non-hydrogen) atoms. The van der Waals surface area contributed by atoms with E-state index in [1.165, 1.54) is 83.6 Å². The van der Waals surface area contributed by atoms with E-state index in [-0.39, 0.29) is 0 Å². The largest absolute Gasteiger partial charge is 0.314 e. The predicted molar refractivity (Wildman–Crippen MR) is 116 cm³/mol. The number of hydrogen-bond acceptors (Lipinski definition) is 1. The van der Waals surface area contributed by atoms with Gasteiger partial charge in [-0.25, -0.2) is 0 Å². The Morgan fingerprint density at radius 3 is 2.60 bits per heavy atom. The molecule has 0 bridgehead atoms. The lowest BCUT2D eigenvalue weighted by Gasteiger charge is -2.40. The molecule has 2 heteroatoms. The summed E-state index contributed by atoms with van der Waals surface area (Å²) in [5.74, 6) is 1.77. The summed E-state index contributed by atoms with van der Waals surface area (Å²) in [4.78, 5) is 0. The Hall–Kier alpha value is -0.130. The molecule has 1 heterocycles. The first-order valence-corrected chi connectivity index (χ1v) is 11.6. The van der Waals surface area contributed by atoms with Crippen molar-refractivity contribution in [3.63, 3.8) is 0 Å². The maximum atomic E-state index is 3.86. The smallest absolute Gasteiger partial charge is 0.00676 e. The zero-order chi connectivity index (χ0) is 18.0. The monoisotopic (exact) mass is 363 g/mol. The molecular weight excluding hydrogens is 321 g/mol. The molecule has 144 valence electrons. The van der Waals surface area contributed by atoms with Crippen LogP contribution in [0.5, 0.6) is 0 Å². The number of nitrogens with one attached hydrogen (secondary N) is 1. The minimum atomic E-state index is 0.400. The van der Waals surface area contributed by atoms with Gasteiger partial charge in [-0.2, -0.15) is 0 Å². The van der Waals surface area contributed by atoms with Crippen LogP contribution in [0.3, 0.4) is 0 Å². The van der Waals surface area contributed by atoms with Crippen LogP contribution in [-0.2, 0) is 0 Å². The average molecular weight is 364 g/mol. The lowest BCUT2D eigenvalue weighted by molar-refractivity contribution is 0.258. The number of rotatable bonds is 10. The van der Waals surface area contributed by atoms with Crippen molar-refractivity contribution in [2.45, 2.75) is 102 Å². The van der Waals surface area contributed by atoms with Crippen molar-refractivity contribution in [1.82, 2.24) is 5.32 Å². The van der Waals surface area contributed by atoms with E-state index in [0.29, 0.717) is 5.16 Å². The fourth-order valence-corrected chi connectivity index (χ4v) is 5.30. The van der Waals surface area contributed by atoms with Gasteiger partial charge in [0.15, 0.2) is 0 Å². The molecule has 1 saturated heterocycles. The Kier molecular flexibility index (Phi) is 9.79. The molecule has 1 aliphatic heterocycles. The second-order valence-corrected chi connectivity index (χ2v) is 9.70. The fourth-order valence-electron chi connectivity index (χ4n) is 4.69. The van der Waals surface area contributed by atoms with Gasteiger partial charge in [-0.3, -0.25) is 0 Å². The first kappa shape index (κ1) is 21.2. The average Bonchev–Trinajstić information content (AvgIpc) is 2.66. The molecule has 0 aromatic carbocycles. The van der Waals surface area contributed by atoms with E-state index in [9.17, 15) is 0 Å². The van der Waals surface area contributed by atoms with E-state index >= 15 is 0 Å². The highest BCUT2D eigenvalue weighted by Crippen LogP contribution is 2.43. The Morgan fingerprint density at radius 2 is 1.96 bits per heavy atom. The maximum absolute atomic E-state index is 3.86. The number of unbranched alkanes of at least 4 members (excludes halogenated alkanes) is 1.